The number of aromatic nitrogens is 2. The summed E-state index contributed by atoms with van der Waals surface area (Å²) in [6, 6.07) is 22.5. The van der Waals surface area contributed by atoms with Crippen molar-refractivity contribution in [1.29, 1.82) is 0 Å². The van der Waals surface area contributed by atoms with Crippen LogP contribution in [0.5, 0.6) is 0 Å². The van der Waals surface area contributed by atoms with Gasteiger partial charge in [-0.05, 0) is 58.6 Å². The zero-order valence-corrected chi connectivity index (χ0v) is 21.3. The minimum absolute atomic E-state index is 0.0135. The van der Waals surface area contributed by atoms with Crippen molar-refractivity contribution >= 4 is 54.6 Å². The van der Waals surface area contributed by atoms with Crippen LogP contribution in [-0.2, 0) is 11.3 Å². The van der Waals surface area contributed by atoms with Gasteiger partial charge >= 0.3 is 0 Å². The molecule has 1 amide bonds. The third-order valence-corrected chi connectivity index (χ3v) is 6.98. The molecule has 0 bridgehead atoms. The molecule has 0 spiro atoms. The van der Waals surface area contributed by atoms with E-state index < -0.39 is 0 Å². The van der Waals surface area contributed by atoms with Crippen molar-refractivity contribution in [2.45, 2.75) is 31.6 Å². The maximum atomic E-state index is 13.6. The van der Waals surface area contributed by atoms with Crippen molar-refractivity contribution < 1.29 is 9.53 Å². The number of benzene rings is 3. The number of nitrogens with one attached hydrogen (secondary N) is 1. The molecule has 1 aromatic heterocycles. The molecule has 4 aromatic rings. The van der Waals surface area contributed by atoms with E-state index in [0.717, 1.165) is 22.9 Å². The Labute approximate surface area is 213 Å². The number of hydrogen-bond donors (Lipinski definition) is 1. The molecular weight excluding hydrogens is 562 g/mol. The van der Waals surface area contributed by atoms with Gasteiger partial charge in [0.2, 0.25) is 5.95 Å². The molecule has 1 saturated heterocycles. The fraction of sp³-hybridized carbons (Fsp3) is 0.192. The van der Waals surface area contributed by atoms with Crippen LogP contribution >= 0.6 is 31.9 Å². The molecule has 2 atom stereocenters. The first-order valence-corrected chi connectivity index (χ1v) is 12.5. The number of carbonyl (C=O) groups is 1. The van der Waals surface area contributed by atoms with Crippen molar-refractivity contribution in [3.05, 3.63) is 103 Å². The highest BCUT2D eigenvalue weighted by atomic mass is 79.9. The molecule has 2 unspecified atom stereocenters. The third kappa shape index (κ3) is 4.71. The summed E-state index contributed by atoms with van der Waals surface area (Å²) in [4.78, 5) is 31.2. The quantitative estimate of drug-likeness (QED) is 0.309. The number of hydrogen-bond acceptors (Lipinski definition) is 4. The molecule has 0 radical (unpaired) electrons. The summed E-state index contributed by atoms with van der Waals surface area (Å²) in [5, 5.41) is 3.30. The molecule has 8 heteroatoms. The molecular formula is C26H21Br2N3O3. The first-order chi connectivity index (χ1) is 16.5. The molecule has 1 aliphatic heterocycles. The van der Waals surface area contributed by atoms with Gasteiger partial charge in [-0.1, -0.05) is 64.5 Å². The average Bonchev–Trinajstić information content (AvgIpc) is 3.31. The number of carbonyl (C=O) groups excluding carboxylic acids is 1. The van der Waals surface area contributed by atoms with Crippen LogP contribution in [0.15, 0.2) is 86.5 Å². The molecule has 1 aliphatic rings. The molecule has 6 nitrogen and oxygen atoms in total. The number of ether oxygens (including phenoxy) is 1. The molecule has 3 aromatic carbocycles. The van der Waals surface area contributed by atoms with Gasteiger partial charge in [-0.15, -0.1) is 0 Å². The Hall–Kier alpha value is -2.81. The zero-order chi connectivity index (χ0) is 23.7. The van der Waals surface area contributed by atoms with Crippen molar-refractivity contribution in [2.24, 2.45) is 0 Å². The summed E-state index contributed by atoms with van der Waals surface area (Å²) in [7, 11) is 0. The molecule has 0 aliphatic carbocycles. The van der Waals surface area contributed by atoms with Crippen LogP contribution in [0.3, 0.4) is 0 Å². The number of fused-ring (bicyclic) bond motifs is 1. The predicted octanol–water partition coefficient (Wildman–Crippen LogP) is 6.09. The standard InChI is InChI=1S/C26H21Br2N3O3/c27-18-13-20(28)23-21(14-18)29-26(30-24(32)17-9-5-2-6-10-17)31(25(23)33)15-19-11-12-22(34-19)16-7-3-1-4-8-16/h1-10,13-14,19,22H,11-12,15H2,(H,29,30,32). The van der Waals surface area contributed by atoms with Gasteiger partial charge in [-0.25, -0.2) is 4.98 Å². The van der Waals surface area contributed by atoms with Crippen LogP contribution in [0.2, 0.25) is 0 Å². The van der Waals surface area contributed by atoms with Crippen LogP contribution < -0.4 is 10.9 Å². The lowest BCUT2D eigenvalue weighted by Crippen LogP contribution is -2.31. The highest BCUT2D eigenvalue weighted by molar-refractivity contribution is 9.11. The van der Waals surface area contributed by atoms with Crippen molar-refractivity contribution in [3.63, 3.8) is 0 Å². The summed E-state index contributed by atoms with van der Waals surface area (Å²) >= 11 is 6.95. The van der Waals surface area contributed by atoms with Crippen molar-refractivity contribution in [2.75, 3.05) is 5.32 Å². The predicted molar refractivity (Wildman–Crippen MR) is 139 cm³/mol. The van der Waals surface area contributed by atoms with Crippen LogP contribution in [0.25, 0.3) is 10.9 Å². The largest absolute Gasteiger partial charge is 0.368 e. The number of halogens is 2. The van der Waals surface area contributed by atoms with E-state index in [9.17, 15) is 9.59 Å². The van der Waals surface area contributed by atoms with Gasteiger partial charge in [0.25, 0.3) is 11.5 Å². The molecule has 172 valence electrons. The van der Waals surface area contributed by atoms with Crippen LogP contribution in [0.1, 0.15) is 34.9 Å². The molecule has 5 rings (SSSR count). The van der Waals surface area contributed by atoms with E-state index in [1.807, 2.05) is 30.3 Å². The van der Waals surface area contributed by atoms with E-state index in [0.29, 0.717) is 20.9 Å². The fourth-order valence-electron chi connectivity index (χ4n) is 4.25. The van der Waals surface area contributed by atoms with Gasteiger partial charge in [0.1, 0.15) is 0 Å². The van der Waals surface area contributed by atoms with Gasteiger partial charge in [0.15, 0.2) is 0 Å². The second kappa shape index (κ2) is 9.82. The van der Waals surface area contributed by atoms with Gasteiger partial charge in [0, 0.05) is 14.5 Å². The van der Waals surface area contributed by atoms with Crippen LogP contribution in [0, 0.1) is 0 Å². The SMILES string of the molecule is O=C(Nc1nc2cc(Br)cc(Br)c2c(=O)n1CC1CCC(c2ccccc2)O1)c1ccccc1. The third-order valence-electron chi connectivity index (χ3n) is 5.90. The topological polar surface area (TPSA) is 73.2 Å². The maximum Gasteiger partial charge on any atom is 0.264 e. The van der Waals surface area contributed by atoms with E-state index in [1.165, 1.54) is 4.57 Å². The van der Waals surface area contributed by atoms with Gasteiger partial charge in [0.05, 0.1) is 29.7 Å². The van der Waals surface area contributed by atoms with E-state index in [2.05, 4.69) is 54.3 Å². The summed E-state index contributed by atoms with van der Waals surface area (Å²) in [6.07, 6.45) is 1.48. The van der Waals surface area contributed by atoms with Gasteiger partial charge in [-0.2, -0.15) is 0 Å². The first-order valence-electron chi connectivity index (χ1n) is 11.0. The van der Waals surface area contributed by atoms with Crippen molar-refractivity contribution in [3.8, 4) is 0 Å². The monoisotopic (exact) mass is 581 g/mol. The molecule has 1 N–H and O–H groups in total. The van der Waals surface area contributed by atoms with Gasteiger partial charge < -0.3 is 4.74 Å². The van der Waals surface area contributed by atoms with E-state index in [4.69, 9.17) is 4.74 Å². The molecule has 34 heavy (non-hydrogen) atoms. The van der Waals surface area contributed by atoms with Gasteiger partial charge in [-0.3, -0.25) is 19.5 Å². The zero-order valence-electron chi connectivity index (χ0n) is 18.1. The lowest BCUT2D eigenvalue weighted by molar-refractivity contribution is 0.0347. The number of nitrogens with zero attached hydrogens (tertiary/aromatic N) is 2. The fourth-order valence-corrected chi connectivity index (χ4v) is 5.62. The molecule has 0 saturated carbocycles. The van der Waals surface area contributed by atoms with E-state index in [1.54, 1.807) is 30.3 Å². The minimum Gasteiger partial charge on any atom is -0.368 e. The second-order valence-electron chi connectivity index (χ2n) is 8.19. The lowest BCUT2D eigenvalue weighted by atomic mass is 10.1. The summed E-state index contributed by atoms with van der Waals surface area (Å²) in [5.41, 5.74) is 1.86. The average molecular weight is 583 g/mol. The van der Waals surface area contributed by atoms with Crippen LogP contribution in [-0.4, -0.2) is 21.6 Å². The van der Waals surface area contributed by atoms with E-state index in [-0.39, 0.29) is 36.2 Å². The number of rotatable bonds is 5. The first kappa shape index (κ1) is 23.0. The maximum absolute atomic E-state index is 13.6. The molecule has 1 fully saturated rings. The Morgan fingerprint density at radius 3 is 2.47 bits per heavy atom. The summed E-state index contributed by atoms with van der Waals surface area (Å²) in [6.45, 7) is 0.290. The van der Waals surface area contributed by atoms with Crippen molar-refractivity contribution in [1.82, 2.24) is 9.55 Å². The highest BCUT2D eigenvalue weighted by Gasteiger charge is 2.28. The Balaban J connectivity index is 1.51. The normalized spacial score (nSPS) is 17.7. The summed E-state index contributed by atoms with van der Waals surface area (Å²) in [5.74, 6) is -0.132. The Morgan fingerprint density at radius 2 is 1.74 bits per heavy atom. The highest BCUT2D eigenvalue weighted by Crippen LogP contribution is 2.34. The Morgan fingerprint density at radius 1 is 1.03 bits per heavy atom. The Kier molecular flexibility index (Phi) is 6.63. The summed E-state index contributed by atoms with van der Waals surface area (Å²) < 4.78 is 9.22. The second-order valence-corrected chi connectivity index (χ2v) is 9.96. The van der Waals surface area contributed by atoms with Crippen LogP contribution in [0.4, 0.5) is 5.95 Å². The van der Waals surface area contributed by atoms with E-state index >= 15 is 0 Å². The smallest absolute Gasteiger partial charge is 0.264 e. The Bertz CT molecular complexity index is 1410. The molecule has 2 heterocycles. The lowest BCUT2D eigenvalue weighted by Gasteiger charge is -2.19. The minimum atomic E-state index is -0.329. The number of anilines is 1. The number of amides is 1.